The molecule has 0 N–H and O–H groups in total. The zero-order chi connectivity index (χ0) is 20.0. The second-order valence-corrected chi connectivity index (χ2v) is 8.71. The van der Waals surface area contributed by atoms with Gasteiger partial charge in [-0.2, -0.15) is 5.10 Å². The van der Waals surface area contributed by atoms with Gasteiger partial charge in [-0.1, -0.05) is 40.9 Å². The van der Waals surface area contributed by atoms with Crippen molar-refractivity contribution in [2.45, 2.75) is 0 Å². The highest BCUT2D eigenvalue weighted by molar-refractivity contribution is 7.21. The molecule has 0 atom stereocenters. The normalized spacial score (nSPS) is 14.7. The molecule has 10 heteroatoms. The Morgan fingerprint density at radius 1 is 1.04 bits per heavy atom. The Labute approximate surface area is 180 Å². The fraction of sp³-hybridized carbons (Fsp3) is 0.278. The number of rotatable bonds is 2. The second-order valence-electron chi connectivity index (χ2n) is 6.43. The Hall–Kier alpha value is -1.80. The molecule has 3 heterocycles. The number of benzene rings is 1. The minimum Gasteiger partial charge on any atom is -0.334 e. The molecule has 146 valence electrons. The first-order valence-corrected chi connectivity index (χ1v) is 10.5. The van der Waals surface area contributed by atoms with Crippen molar-refractivity contribution < 1.29 is 9.59 Å². The van der Waals surface area contributed by atoms with E-state index in [0.717, 1.165) is 10.1 Å². The van der Waals surface area contributed by atoms with Crippen LogP contribution in [0.4, 0.5) is 0 Å². The first-order valence-electron chi connectivity index (χ1n) is 8.50. The number of hydrogen-bond acceptors (Lipinski definition) is 4. The number of halogens is 3. The molecular formula is C18H15Cl3N4O2S. The molecule has 3 aromatic rings. The van der Waals surface area contributed by atoms with Crippen molar-refractivity contribution >= 4 is 68.0 Å². The highest BCUT2D eigenvalue weighted by Gasteiger charge is 2.30. The first-order chi connectivity index (χ1) is 13.4. The number of thiophene rings is 1. The van der Waals surface area contributed by atoms with E-state index in [9.17, 15) is 9.59 Å². The number of piperazine rings is 1. The third-order valence-electron chi connectivity index (χ3n) is 4.74. The van der Waals surface area contributed by atoms with E-state index in [2.05, 4.69) is 5.10 Å². The van der Waals surface area contributed by atoms with Crippen LogP contribution in [0.25, 0.3) is 10.1 Å². The third kappa shape index (κ3) is 3.37. The van der Waals surface area contributed by atoms with Crippen molar-refractivity contribution in [3.63, 3.8) is 0 Å². The van der Waals surface area contributed by atoms with Gasteiger partial charge in [-0.3, -0.25) is 14.3 Å². The van der Waals surface area contributed by atoms with Gasteiger partial charge in [0.15, 0.2) is 0 Å². The van der Waals surface area contributed by atoms with Crippen LogP contribution < -0.4 is 0 Å². The summed E-state index contributed by atoms with van der Waals surface area (Å²) in [7, 11) is 1.68. The second kappa shape index (κ2) is 7.55. The monoisotopic (exact) mass is 456 g/mol. The Balaban J connectivity index is 1.49. The van der Waals surface area contributed by atoms with Crippen LogP contribution in [-0.2, 0) is 7.05 Å². The lowest BCUT2D eigenvalue weighted by Gasteiger charge is -2.34. The highest BCUT2D eigenvalue weighted by atomic mass is 35.5. The summed E-state index contributed by atoms with van der Waals surface area (Å²) >= 11 is 19.9. The zero-order valence-corrected chi connectivity index (χ0v) is 17.9. The van der Waals surface area contributed by atoms with E-state index in [4.69, 9.17) is 34.8 Å². The molecule has 6 nitrogen and oxygen atoms in total. The summed E-state index contributed by atoms with van der Waals surface area (Å²) in [5.74, 6) is -0.320. The van der Waals surface area contributed by atoms with Gasteiger partial charge in [-0.15, -0.1) is 11.3 Å². The lowest BCUT2D eigenvalue weighted by Crippen LogP contribution is -2.50. The Kier molecular flexibility index (Phi) is 5.26. The van der Waals surface area contributed by atoms with Gasteiger partial charge >= 0.3 is 0 Å². The number of nitrogens with zero attached hydrogens (tertiary/aromatic N) is 4. The number of amides is 2. The molecule has 28 heavy (non-hydrogen) atoms. The fourth-order valence-corrected chi connectivity index (χ4v) is 5.24. The standard InChI is InChI=1S/C18H15Cl3N4O2S/c1-23-15(12(20)9-22-23)17(26)24-4-6-25(7-5-24)18(27)16-14(21)11-3-2-10(19)8-13(11)28-16/h2-3,8-9H,4-7H2,1H3. The van der Waals surface area contributed by atoms with Crippen molar-refractivity contribution in [1.82, 2.24) is 19.6 Å². The minimum atomic E-state index is -0.188. The number of hydrogen-bond donors (Lipinski definition) is 0. The number of carbonyl (C=O) groups is 2. The zero-order valence-electron chi connectivity index (χ0n) is 14.8. The van der Waals surface area contributed by atoms with Crippen LogP contribution in [0.2, 0.25) is 15.1 Å². The smallest absolute Gasteiger partial charge is 0.273 e. The van der Waals surface area contributed by atoms with Crippen LogP contribution in [0.1, 0.15) is 20.2 Å². The predicted molar refractivity (Wildman–Crippen MR) is 112 cm³/mol. The summed E-state index contributed by atoms with van der Waals surface area (Å²) in [6.07, 6.45) is 1.45. The number of carbonyl (C=O) groups excluding carboxylic acids is 2. The van der Waals surface area contributed by atoms with Crippen molar-refractivity contribution in [1.29, 1.82) is 0 Å². The summed E-state index contributed by atoms with van der Waals surface area (Å²) < 4.78 is 2.34. The van der Waals surface area contributed by atoms with E-state index < -0.39 is 0 Å². The van der Waals surface area contributed by atoms with Crippen LogP contribution in [0, 0.1) is 0 Å². The van der Waals surface area contributed by atoms with Crippen LogP contribution in [0.3, 0.4) is 0 Å². The Morgan fingerprint density at radius 2 is 1.68 bits per heavy atom. The molecule has 1 saturated heterocycles. The SMILES string of the molecule is Cn1ncc(Cl)c1C(=O)N1CCN(C(=O)c2sc3cc(Cl)ccc3c2Cl)CC1. The van der Waals surface area contributed by atoms with Gasteiger partial charge in [-0.25, -0.2) is 0 Å². The van der Waals surface area contributed by atoms with Gasteiger partial charge in [0.05, 0.1) is 16.2 Å². The van der Waals surface area contributed by atoms with Crippen molar-refractivity contribution in [2.75, 3.05) is 26.2 Å². The van der Waals surface area contributed by atoms with Gasteiger partial charge in [0, 0.05) is 48.3 Å². The summed E-state index contributed by atoms with van der Waals surface area (Å²) in [4.78, 5) is 29.6. The molecule has 0 aliphatic carbocycles. The number of aryl methyl sites for hydroxylation is 1. The van der Waals surface area contributed by atoms with Crippen LogP contribution in [0.15, 0.2) is 24.4 Å². The summed E-state index contributed by atoms with van der Waals surface area (Å²) in [5.41, 5.74) is 0.353. The maximum atomic E-state index is 13.0. The maximum Gasteiger partial charge on any atom is 0.273 e. The van der Waals surface area contributed by atoms with E-state index >= 15 is 0 Å². The number of fused-ring (bicyclic) bond motifs is 1. The van der Waals surface area contributed by atoms with E-state index in [1.54, 1.807) is 29.0 Å². The average Bonchev–Trinajstić information content (AvgIpc) is 3.19. The quantitative estimate of drug-likeness (QED) is 0.580. The topological polar surface area (TPSA) is 58.4 Å². The molecule has 0 unspecified atom stereocenters. The van der Waals surface area contributed by atoms with E-state index in [0.29, 0.717) is 51.8 Å². The maximum absolute atomic E-state index is 13.0. The Bertz CT molecular complexity index is 1070. The fourth-order valence-electron chi connectivity index (χ4n) is 3.23. The molecule has 1 fully saturated rings. The molecule has 0 saturated carbocycles. The van der Waals surface area contributed by atoms with Gasteiger partial charge in [0.2, 0.25) is 0 Å². The van der Waals surface area contributed by atoms with E-state index in [1.807, 2.05) is 6.07 Å². The molecule has 2 amide bonds. The molecule has 0 bridgehead atoms. The lowest BCUT2D eigenvalue weighted by atomic mass is 10.2. The van der Waals surface area contributed by atoms with Crippen LogP contribution >= 0.6 is 46.1 Å². The molecular weight excluding hydrogens is 443 g/mol. The lowest BCUT2D eigenvalue weighted by molar-refractivity contribution is 0.0532. The summed E-state index contributed by atoms with van der Waals surface area (Å²) in [6.45, 7) is 1.68. The van der Waals surface area contributed by atoms with Crippen molar-refractivity contribution in [3.8, 4) is 0 Å². The molecule has 4 rings (SSSR count). The number of aromatic nitrogens is 2. The van der Waals surface area contributed by atoms with Gasteiger partial charge < -0.3 is 9.80 Å². The predicted octanol–water partition coefficient (Wildman–Crippen LogP) is 4.19. The van der Waals surface area contributed by atoms with Gasteiger partial charge in [0.25, 0.3) is 11.8 Å². The molecule has 1 aliphatic rings. The highest BCUT2D eigenvalue weighted by Crippen LogP contribution is 2.37. The van der Waals surface area contributed by atoms with E-state index in [1.165, 1.54) is 22.2 Å². The Morgan fingerprint density at radius 3 is 2.29 bits per heavy atom. The molecule has 2 aromatic heterocycles. The van der Waals surface area contributed by atoms with Crippen LogP contribution in [0.5, 0.6) is 0 Å². The molecule has 1 aliphatic heterocycles. The van der Waals surface area contributed by atoms with Gasteiger partial charge in [-0.05, 0) is 12.1 Å². The first kappa shape index (κ1) is 19.5. The molecule has 1 aromatic carbocycles. The molecule has 0 spiro atoms. The largest absolute Gasteiger partial charge is 0.334 e. The van der Waals surface area contributed by atoms with Crippen molar-refractivity contribution in [2.24, 2.45) is 7.05 Å². The van der Waals surface area contributed by atoms with E-state index in [-0.39, 0.29) is 11.8 Å². The van der Waals surface area contributed by atoms with Crippen molar-refractivity contribution in [3.05, 3.63) is 50.0 Å². The summed E-state index contributed by atoms with van der Waals surface area (Å²) in [6, 6.07) is 5.38. The molecule has 0 radical (unpaired) electrons. The van der Waals surface area contributed by atoms with Gasteiger partial charge in [0.1, 0.15) is 10.6 Å². The average molecular weight is 458 g/mol. The van der Waals surface area contributed by atoms with Crippen LogP contribution in [-0.4, -0.2) is 57.6 Å². The third-order valence-corrected chi connectivity index (χ3v) is 6.89. The summed E-state index contributed by atoms with van der Waals surface area (Å²) in [5, 5.41) is 6.19. The minimum absolute atomic E-state index is 0.131.